The summed E-state index contributed by atoms with van der Waals surface area (Å²) in [5.74, 6) is -1.64. The van der Waals surface area contributed by atoms with Crippen molar-refractivity contribution in [2.75, 3.05) is 13.1 Å². The molecular formula is C16H20FNO3. The van der Waals surface area contributed by atoms with E-state index in [-0.39, 0.29) is 25.4 Å². The molecule has 1 aliphatic heterocycles. The summed E-state index contributed by atoms with van der Waals surface area (Å²) in [5.41, 5.74) is 0.0899. The van der Waals surface area contributed by atoms with Crippen LogP contribution in [0.5, 0.6) is 0 Å². The molecule has 1 aromatic carbocycles. The lowest BCUT2D eigenvalue weighted by Crippen LogP contribution is -2.38. The van der Waals surface area contributed by atoms with Crippen molar-refractivity contribution in [1.29, 1.82) is 0 Å². The van der Waals surface area contributed by atoms with E-state index in [1.54, 1.807) is 0 Å². The van der Waals surface area contributed by atoms with Crippen molar-refractivity contribution >= 4 is 11.9 Å². The highest BCUT2D eigenvalue weighted by atomic mass is 19.1. The van der Waals surface area contributed by atoms with Gasteiger partial charge in [0.2, 0.25) is 11.6 Å². The molecule has 0 spiro atoms. The Morgan fingerprint density at radius 3 is 2.57 bits per heavy atom. The van der Waals surface area contributed by atoms with Crippen LogP contribution in [-0.2, 0) is 16.0 Å². The monoisotopic (exact) mass is 293 g/mol. The van der Waals surface area contributed by atoms with Crippen LogP contribution in [0.1, 0.15) is 30.4 Å². The van der Waals surface area contributed by atoms with Crippen molar-refractivity contribution in [3.05, 3.63) is 35.4 Å². The number of alkyl halides is 1. The van der Waals surface area contributed by atoms with Crippen molar-refractivity contribution in [3.63, 3.8) is 0 Å². The number of rotatable bonds is 5. The molecule has 1 aliphatic rings. The van der Waals surface area contributed by atoms with Gasteiger partial charge < -0.3 is 10.0 Å². The largest absolute Gasteiger partial charge is 0.479 e. The molecular weight excluding hydrogens is 273 g/mol. The third-order valence-electron chi connectivity index (χ3n) is 3.93. The Morgan fingerprint density at radius 2 is 2.00 bits per heavy atom. The van der Waals surface area contributed by atoms with Gasteiger partial charge in [-0.15, -0.1) is 0 Å². The van der Waals surface area contributed by atoms with Gasteiger partial charge >= 0.3 is 5.97 Å². The lowest BCUT2D eigenvalue weighted by atomic mass is 10.1. The van der Waals surface area contributed by atoms with Crippen molar-refractivity contribution in [1.82, 2.24) is 4.90 Å². The number of carbonyl (C=O) groups excluding carboxylic acids is 1. The Hall–Kier alpha value is -1.91. The van der Waals surface area contributed by atoms with Crippen molar-refractivity contribution in [2.24, 2.45) is 0 Å². The van der Waals surface area contributed by atoms with E-state index in [1.165, 1.54) is 16.0 Å². The van der Waals surface area contributed by atoms with Crippen LogP contribution in [0.15, 0.2) is 24.3 Å². The Labute approximate surface area is 123 Å². The third kappa shape index (κ3) is 3.80. The third-order valence-corrected chi connectivity index (χ3v) is 3.93. The van der Waals surface area contributed by atoms with Crippen LogP contribution < -0.4 is 0 Å². The number of carbonyl (C=O) groups is 2. The maximum Gasteiger partial charge on any atom is 0.343 e. The number of nitrogens with zero attached hydrogens (tertiary/aromatic N) is 1. The second kappa shape index (κ2) is 6.24. The van der Waals surface area contributed by atoms with Gasteiger partial charge in [0.15, 0.2) is 0 Å². The predicted octanol–water partition coefficient (Wildman–Crippen LogP) is 2.34. The molecule has 1 saturated heterocycles. The molecule has 0 aliphatic carbocycles. The molecule has 0 aromatic heterocycles. The summed E-state index contributed by atoms with van der Waals surface area (Å²) in [6.07, 6.45) is 1.68. The van der Waals surface area contributed by atoms with E-state index in [0.29, 0.717) is 12.8 Å². The fourth-order valence-corrected chi connectivity index (χ4v) is 2.52. The lowest BCUT2D eigenvalue weighted by Gasteiger charge is -2.17. The van der Waals surface area contributed by atoms with Crippen LogP contribution in [-0.4, -0.2) is 40.6 Å². The number of hydrogen-bond donors (Lipinski definition) is 1. The number of hydrogen-bond acceptors (Lipinski definition) is 2. The molecule has 1 amide bonds. The highest BCUT2D eigenvalue weighted by Gasteiger charge is 2.46. The first-order valence-corrected chi connectivity index (χ1v) is 7.16. The van der Waals surface area contributed by atoms with Crippen LogP contribution >= 0.6 is 0 Å². The van der Waals surface area contributed by atoms with Crippen LogP contribution in [0.4, 0.5) is 4.39 Å². The molecule has 0 saturated carbocycles. The Morgan fingerprint density at radius 1 is 1.33 bits per heavy atom. The van der Waals surface area contributed by atoms with Gasteiger partial charge in [-0.3, -0.25) is 4.79 Å². The second-order valence-electron chi connectivity index (χ2n) is 5.67. The van der Waals surface area contributed by atoms with Gasteiger partial charge in [-0.1, -0.05) is 29.8 Å². The Kier molecular flexibility index (Phi) is 4.60. The van der Waals surface area contributed by atoms with Gasteiger partial charge in [0.1, 0.15) is 0 Å². The molecule has 114 valence electrons. The number of amides is 1. The zero-order chi connectivity index (χ0) is 15.5. The van der Waals surface area contributed by atoms with Gasteiger partial charge in [-0.05, 0) is 25.3 Å². The summed E-state index contributed by atoms with van der Waals surface area (Å²) >= 11 is 0. The molecule has 0 radical (unpaired) electrons. The van der Waals surface area contributed by atoms with Crippen LogP contribution in [0, 0.1) is 6.92 Å². The van der Waals surface area contributed by atoms with Crippen molar-refractivity contribution < 1.29 is 19.1 Å². The van der Waals surface area contributed by atoms with Gasteiger partial charge in [0.25, 0.3) is 0 Å². The zero-order valence-corrected chi connectivity index (χ0v) is 12.1. The average Bonchev–Trinajstić information content (AvgIpc) is 2.85. The Bertz CT molecular complexity index is 529. The second-order valence-corrected chi connectivity index (χ2v) is 5.67. The topological polar surface area (TPSA) is 57.6 Å². The number of carboxylic acids is 1. The quantitative estimate of drug-likeness (QED) is 0.906. The van der Waals surface area contributed by atoms with Gasteiger partial charge in [-0.25, -0.2) is 9.18 Å². The van der Waals surface area contributed by atoms with Crippen LogP contribution in [0.25, 0.3) is 0 Å². The standard InChI is InChI=1S/C16H20FNO3/c1-12-5-7-13(8-6-12)3-2-4-14(19)18-10-9-16(17,11-18)15(20)21/h5-8H,2-4,9-11H2,1H3,(H,20,21). The first kappa shape index (κ1) is 15.5. The zero-order valence-electron chi connectivity index (χ0n) is 12.1. The van der Waals surface area contributed by atoms with Gasteiger partial charge in [0, 0.05) is 19.4 Å². The average molecular weight is 293 g/mol. The van der Waals surface area contributed by atoms with Crippen molar-refractivity contribution in [2.45, 2.75) is 38.3 Å². The first-order valence-electron chi connectivity index (χ1n) is 7.16. The molecule has 1 aromatic rings. The van der Waals surface area contributed by atoms with E-state index < -0.39 is 11.6 Å². The Balaban J connectivity index is 1.78. The number of carboxylic acid groups (broad SMARTS) is 1. The molecule has 21 heavy (non-hydrogen) atoms. The summed E-state index contributed by atoms with van der Waals surface area (Å²) in [6.45, 7) is 1.88. The maximum atomic E-state index is 13.9. The molecule has 1 heterocycles. The van der Waals surface area contributed by atoms with E-state index in [4.69, 9.17) is 5.11 Å². The minimum absolute atomic E-state index is 0.119. The molecule has 0 bridgehead atoms. The van der Waals surface area contributed by atoms with Crippen LogP contribution in [0.2, 0.25) is 0 Å². The SMILES string of the molecule is Cc1ccc(CCCC(=O)N2CCC(F)(C(=O)O)C2)cc1. The van der Waals surface area contributed by atoms with Crippen LogP contribution in [0.3, 0.4) is 0 Å². The normalized spacial score (nSPS) is 21.5. The number of aliphatic carboxylic acids is 1. The molecule has 4 nitrogen and oxygen atoms in total. The summed E-state index contributed by atoms with van der Waals surface area (Å²) < 4.78 is 13.9. The molecule has 1 unspecified atom stereocenters. The lowest BCUT2D eigenvalue weighted by molar-refractivity contribution is -0.150. The number of aryl methyl sites for hydroxylation is 2. The molecule has 1 fully saturated rings. The summed E-state index contributed by atoms with van der Waals surface area (Å²) in [4.78, 5) is 24.1. The number of benzene rings is 1. The summed E-state index contributed by atoms with van der Waals surface area (Å²) in [6, 6.07) is 8.13. The first-order chi connectivity index (χ1) is 9.90. The summed E-state index contributed by atoms with van der Waals surface area (Å²) in [5, 5.41) is 8.81. The van der Waals surface area contributed by atoms with Gasteiger partial charge in [-0.2, -0.15) is 0 Å². The summed E-state index contributed by atoms with van der Waals surface area (Å²) in [7, 11) is 0. The molecule has 1 atom stereocenters. The number of likely N-dealkylation sites (tertiary alicyclic amines) is 1. The fraction of sp³-hybridized carbons (Fsp3) is 0.500. The van der Waals surface area contributed by atoms with E-state index in [9.17, 15) is 14.0 Å². The number of halogens is 1. The fourth-order valence-electron chi connectivity index (χ4n) is 2.52. The minimum Gasteiger partial charge on any atom is -0.479 e. The van der Waals surface area contributed by atoms with Gasteiger partial charge in [0.05, 0.1) is 6.54 Å². The molecule has 5 heteroatoms. The minimum atomic E-state index is -2.27. The van der Waals surface area contributed by atoms with E-state index >= 15 is 0 Å². The van der Waals surface area contributed by atoms with E-state index in [2.05, 4.69) is 0 Å². The highest BCUT2D eigenvalue weighted by molar-refractivity contribution is 5.82. The predicted molar refractivity (Wildman–Crippen MR) is 76.8 cm³/mol. The highest BCUT2D eigenvalue weighted by Crippen LogP contribution is 2.26. The van der Waals surface area contributed by atoms with Crippen molar-refractivity contribution in [3.8, 4) is 0 Å². The van der Waals surface area contributed by atoms with E-state index in [0.717, 1.165) is 6.42 Å². The van der Waals surface area contributed by atoms with E-state index in [1.807, 2.05) is 31.2 Å². The smallest absolute Gasteiger partial charge is 0.343 e. The molecule has 1 N–H and O–H groups in total. The molecule has 2 rings (SSSR count). The maximum absolute atomic E-state index is 13.9.